The van der Waals surface area contributed by atoms with Crippen LogP contribution in [0.5, 0.6) is 5.75 Å². The summed E-state index contributed by atoms with van der Waals surface area (Å²) in [6.45, 7) is 4.30. The second-order valence-electron chi connectivity index (χ2n) is 5.02. The minimum absolute atomic E-state index is 0. The summed E-state index contributed by atoms with van der Waals surface area (Å²) in [4.78, 5) is 11.9. The third kappa shape index (κ3) is 6.74. The number of hydrogen-bond donors (Lipinski definition) is 2. The molecule has 25 heavy (non-hydrogen) atoms. The highest BCUT2D eigenvalue weighted by atomic mass is 35.5. The molecule has 0 aliphatic rings. The van der Waals surface area contributed by atoms with Gasteiger partial charge in [-0.3, -0.25) is 4.79 Å². The quantitative estimate of drug-likeness (QED) is 0.619. The van der Waals surface area contributed by atoms with Gasteiger partial charge in [-0.1, -0.05) is 41.3 Å². The number of halogens is 3. The maximum Gasteiger partial charge on any atom is 0.273 e. The largest absolute Gasteiger partial charge is 0.482 e. The van der Waals surface area contributed by atoms with Gasteiger partial charge in [0.1, 0.15) is 6.61 Å². The summed E-state index contributed by atoms with van der Waals surface area (Å²) in [6.07, 6.45) is 1.05. The molecule has 1 aromatic carbocycles. The molecule has 0 bridgehead atoms. The van der Waals surface area contributed by atoms with E-state index in [0.717, 1.165) is 13.0 Å². The van der Waals surface area contributed by atoms with Crippen molar-refractivity contribution < 1.29 is 14.1 Å². The smallest absolute Gasteiger partial charge is 0.273 e. The van der Waals surface area contributed by atoms with Crippen LogP contribution in [0.2, 0.25) is 10.0 Å². The highest BCUT2D eigenvalue weighted by Gasteiger charge is 2.14. The molecule has 0 fully saturated rings. The molecular weight excluding hydrogens is 389 g/mol. The van der Waals surface area contributed by atoms with Crippen LogP contribution in [0.25, 0.3) is 0 Å². The van der Waals surface area contributed by atoms with Crippen LogP contribution < -0.4 is 15.4 Å². The van der Waals surface area contributed by atoms with E-state index in [1.165, 1.54) is 6.07 Å². The Morgan fingerprint density at radius 2 is 1.96 bits per heavy atom. The topological polar surface area (TPSA) is 76.4 Å². The molecule has 2 N–H and O–H groups in total. The van der Waals surface area contributed by atoms with E-state index in [4.69, 9.17) is 32.5 Å². The van der Waals surface area contributed by atoms with Gasteiger partial charge >= 0.3 is 0 Å². The number of amides is 1. The van der Waals surface area contributed by atoms with Gasteiger partial charge in [-0.2, -0.15) is 0 Å². The van der Waals surface area contributed by atoms with Gasteiger partial charge < -0.3 is 19.9 Å². The molecule has 2 rings (SSSR count). The summed E-state index contributed by atoms with van der Waals surface area (Å²) in [5, 5.41) is 10.5. The molecule has 9 heteroatoms. The van der Waals surface area contributed by atoms with Crippen molar-refractivity contribution in [1.29, 1.82) is 0 Å². The van der Waals surface area contributed by atoms with Gasteiger partial charge in [-0.25, -0.2) is 0 Å². The predicted molar refractivity (Wildman–Crippen MR) is 100 cm³/mol. The number of hydrogen-bond acceptors (Lipinski definition) is 5. The Morgan fingerprint density at radius 1 is 1.24 bits per heavy atom. The Hall–Kier alpha value is -1.47. The van der Waals surface area contributed by atoms with Crippen molar-refractivity contribution >= 4 is 41.5 Å². The average Bonchev–Trinajstić information content (AvgIpc) is 3.03. The first-order chi connectivity index (χ1) is 11.6. The van der Waals surface area contributed by atoms with Crippen LogP contribution in [0.4, 0.5) is 0 Å². The molecule has 0 saturated carbocycles. The number of benzene rings is 1. The lowest BCUT2D eigenvalue weighted by molar-refractivity contribution is 0.0944. The Kier molecular flexibility index (Phi) is 9.67. The first-order valence-corrected chi connectivity index (χ1v) is 8.38. The van der Waals surface area contributed by atoms with Gasteiger partial charge in [0.25, 0.3) is 5.91 Å². The molecule has 0 radical (unpaired) electrons. The van der Waals surface area contributed by atoms with E-state index >= 15 is 0 Å². The van der Waals surface area contributed by atoms with Crippen LogP contribution in [0.1, 0.15) is 29.6 Å². The predicted octanol–water partition coefficient (Wildman–Crippen LogP) is 3.71. The zero-order valence-electron chi connectivity index (χ0n) is 13.7. The SMILES string of the molecule is CCCNCCNC(=O)c1cc(COc2c(Cl)cccc2Cl)on1.Cl. The molecule has 1 aromatic heterocycles. The van der Waals surface area contributed by atoms with Gasteiger partial charge in [0.05, 0.1) is 10.0 Å². The van der Waals surface area contributed by atoms with Crippen molar-refractivity contribution in [2.75, 3.05) is 19.6 Å². The highest BCUT2D eigenvalue weighted by Crippen LogP contribution is 2.32. The Labute approximate surface area is 162 Å². The lowest BCUT2D eigenvalue weighted by atomic mass is 10.3. The molecule has 0 atom stereocenters. The number of carbonyl (C=O) groups excluding carboxylic acids is 1. The Balaban J connectivity index is 0.00000312. The second-order valence-corrected chi connectivity index (χ2v) is 5.84. The molecule has 1 heterocycles. The molecular formula is C16H20Cl3N3O3. The third-order valence-corrected chi connectivity index (χ3v) is 3.68. The van der Waals surface area contributed by atoms with Gasteiger partial charge in [0, 0.05) is 19.2 Å². The van der Waals surface area contributed by atoms with Crippen LogP contribution in [0, 0.1) is 0 Å². The maximum absolute atomic E-state index is 11.9. The van der Waals surface area contributed by atoms with Gasteiger partial charge in [-0.15, -0.1) is 12.4 Å². The summed E-state index contributed by atoms with van der Waals surface area (Å²) in [5.74, 6) is 0.476. The van der Waals surface area contributed by atoms with Crippen molar-refractivity contribution in [3.05, 3.63) is 45.8 Å². The number of nitrogens with one attached hydrogen (secondary N) is 2. The van der Waals surface area contributed by atoms with E-state index in [9.17, 15) is 4.79 Å². The average molecular weight is 409 g/mol. The first kappa shape index (κ1) is 21.6. The minimum atomic E-state index is -0.293. The van der Waals surface area contributed by atoms with E-state index in [0.29, 0.717) is 34.6 Å². The summed E-state index contributed by atoms with van der Waals surface area (Å²) in [6, 6.07) is 6.60. The fourth-order valence-corrected chi connectivity index (χ4v) is 2.42. The summed E-state index contributed by atoms with van der Waals surface area (Å²) < 4.78 is 10.6. The third-order valence-electron chi connectivity index (χ3n) is 3.08. The number of nitrogens with zero attached hydrogens (tertiary/aromatic N) is 1. The van der Waals surface area contributed by atoms with Crippen molar-refractivity contribution in [2.45, 2.75) is 20.0 Å². The van der Waals surface area contributed by atoms with E-state index in [-0.39, 0.29) is 30.6 Å². The second kappa shape index (κ2) is 11.2. The minimum Gasteiger partial charge on any atom is -0.482 e. The fourth-order valence-electron chi connectivity index (χ4n) is 1.91. The van der Waals surface area contributed by atoms with E-state index in [2.05, 4.69) is 22.7 Å². The van der Waals surface area contributed by atoms with Crippen LogP contribution >= 0.6 is 35.6 Å². The molecule has 0 aliphatic heterocycles. The molecule has 1 amide bonds. The molecule has 0 saturated heterocycles. The summed E-state index contributed by atoms with van der Waals surface area (Å²) in [7, 11) is 0. The Morgan fingerprint density at radius 3 is 2.64 bits per heavy atom. The fraction of sp³-hybridized carbons (Fsp3) is 0.375. The molecule has 0 aliphatic carbocycles. The van der Waals surface area contributed by atoms with Gasteiger partial charge in [-0.05, 0) is 25.1 Å². The van der Waals surface area contributed by atoms with Crippen LogP contribution in [0.3, 0.4) is 0 Å². The zero-order valence-corrected chi connectivity index (χ0v) is 16.0. The standard InChI is InChI=1S/C16H19Cl2N3O3.ClH/c1-2-6-19-7-8-20-16(22)14-9-11(24-21-14)10-23-15-12(17)4-3-5-13(15)18;/h3-5,9,19H,2,6-8,10H2,1H3,(H,20,22);1H. The molecule has 0 spiro atoms. The van der Waals surface area contributed by atoms with Crippen LogP contribution in [-0.2, 0) is 6.61 Å². The first-order valence-electron chi connectivity index (χ1n) is 7.63. The number of aromatic nitrogens is 1. The van der Waals surface area contributed by atoms with E-state index in [1.54, 1.807) is 18.2 Å². The van der Waals surface area contributed by atoms with Crippen molar-refractivity contribution in [3.63, 3.8) is 0 Å². The molecule has 6 nitrogen and oxygen atoms in total. The maximum atomic E-state index is 11.9. The van der Waals surface area contributed by atoms with Gasteiger partial charge in [0.15, 0.2) is 17.2 Å². The number of para-hydroxylation sites is 1. The van der Waals surface area contributed by atoms with Crippen molar-refractivity contribution in [1.82, 2.24) is 15.8 Å². The molecule has 138 valence electrons. The zero-order chi connectivity index (χ0) is 17.4. The van der Waals surface area contributed by atoms with Gasteiger partial charge in [0.2, 0.25) is 0 Å². The van der Waals surface area contributed by atoms with Crippen molar-refractivity contribution in [3.8, 4) is 5.75 Å². The number of carbonyl (C=O) groups is 1. The van der Waals surface area contributed by atoms with Crippen molar-refractivity contribution in [2.24, 2.45) is 0 Å². The van der Waals surface area contributed by atoms with E-state index in [1.807, 2.05) is 0 Å². The normalized spacial score (nSPS) is 10.2. The highest BCUT2D eigenvalue weighted by molar-refractivity contribution is 6.37. The molecule has 0 unspecified atom stereocenters. The summed E-state index contributed by atoms with van der Waals surface area (Å²) >= 11 is 12.0. The number of ether oxygens (including phenoxy) is 1. The van der Waals surface area contributed by atoms with Crippen LogP contribution in [-0.4, -0.2) is 30.7 Å². The van der Waals surface area contributed by atoms with Crippen LogP contribution in [0.15, 0.2) is 28.8 Å². The molecule has 2 aromatic rings. The Bertz CT molecular complexity index is 659. The lowest BCUT2D eigenvalue weighted by Crippen LogP contribution is -2.32. The van der Waals surface area contributed by atoms with E-state index < -0.39 is 0 Å². The monoisotopic (exact) mass is 407 g/mol. The lowest BCUT2D eigenvalue weighted by Gasteiger charge is -2.07. The number of rotatable bonds is 9. The summed E-state index contributed by atoms with van der Waals surface area (Å²) in [5.41, 5.74) is 0.203.